The molecule has 0 aliphatic carbocycles. The van der Waals surface area contributed by atoms with Gasteiger partial charge in [-0.25, -0.2) is 0 Å². The zero-order valence-electron chi connectivity index (χ0n) is 15.4. The minimum absolute atomic E-state index is 0.137. The average Bonchev–Trinajstić information content (AvgIpc) is 3.02. The number of carbonyl (C=O) groups excluding carboxylic acids is 2. The van der Waals surface area contributed by atoms with E-state index in [2.05, 4.69) is 5.32 Å². The summed E-state index contributed by atoms with van der Waals surface area (Å²) in [5, 5.41) is 3.47. The molecular formula is C21H23ClN2O3. The first kappa shape index (κ1) is 19.4. The summed E-state index contributed by atoms with van der Waals surface area (Å²) in [6, 6.07) is 14.6. The lowest BCUT2D eigenvalue weighted by Gasteiger charge is -2.17. The molecule has 1 aliphatic heterocycles. The first-order chi connectivity index (χ1) is 12.9. The molecule has 27 heavy (non-hydrogen) atoms. The standard InChI is InChI=1S/C21H23ClN2O3/c1-14(2)27-13-15-4-3-5-17(12-15)23-20(25)19-10-11-24(21(19)26)18-8-6-16(22)7-9-18/h3-9,12,14,19H,10-11,13H2,1-2H3,(H,23,25). The Morgan fingerprint density at radius 1 is 1.26 bits per heavy atom. The third-order valence-corrected chi connectivity index (χ3v) is 4.69. The van der Waals surface area contributed by atoms with E-state index in [0.29, 0.717) is 30.3 Å². The number of benzene rings is 2. The highest BCUT2D eigenvalue weighted by molar-refractivity contribution is 6.30. The van der Waals surface area contributed by atoms with E-state index in [1.165, 1.54) is 0 Å². The van der Waals surface area contributed by atoms with Crippen LogP contribution in [-0.4, -0.2) is 24.5 Å². The van der Waals surface area contributed by atoms with Crippen LogP contribution in [0, 0.1) is 5.92 Å². The van der Waals surface area contributed by atoms with Crippen LogP contribution in [0.15, 0.2) is 48.5 Å². The number of amides is 2. The molecule has 2 aromatic rings. The number of hydrogen-bond acceptors (Lipinski definition) is 3. The van der Waals surface area contributed by atoms with Crippen LogP contribution < -0.4 is 10.2 Å². The molecule has 3 rings (SSSR count). The molecule has 1 saturated heterocycles. The largest absolute Gasteiger partial charge is 0.374 e. The number of carbonyl (C=O) groups is 2. The average molecular weight is 387 g/mol. The van der Waals surface area contributed by atoms with E-state index in [-0.39, 0.29) is 17.9 Å². The fourth-order valence-corrected chi connectivity index (χ4v) is 3.16. The van der Waals surface area contributed by atoms with Gasteiger partial charge < -0.3 is 15.0 Å². The molecule has 0 radical (unpaired) electrons. The van der Waals surface area contributed by atoms with Gasteiger partial charge in [0.15, 0.2) is 0 Å². The van der Waals surface area contributed by atoms with Crippen molar-refractivity contribution in [3.05, 3.63) is 59.1 Å². The Balaban J connectivity index is 1.64. The SMILES string of the molecule is CC(C)OCc1cccc(NC(=O)C2CCN(c3ccc(Cl)cc3)C2=O)c1. The van der Waals surface area contributed by atoms with E-state index in [9.17, 15) is 9.59 Å². The first-order valence-electron chi connectivity index (χ1n) is 9.02. The molecule has 1 N–H and O–H groups in total. The second-order valence-electron chi connectivity index (χ2n) is 6.86. The Morgan fingerprint density at radius 3 is 2.70 bits per heavy atom. The van der Waals surface area contributed by atoms with Crippen molar-refractivity contribution in [2.75, 3.05) is 16.8 Å². The van der Waals surface area contributed by atoms with Crippen molar-refractivity contribution in [1.82, 2.24) is 0 Å². The predicted molar refractivity (Wildman–Crippen MR) is 107 cm³/mol. The highest BCUT2D eigenvalue weighted by Crippen LogP contribution is 2.27. The van der Waals surface area contributed by atoms with Crippen LogP contribution in [0.5, 0.6) is 0 Å². The Bertz CT molecular complexity index is 820. The van der Waals surface area contributed by atoms with Gasteiger partial charge in [-0.15, -0.1) is 0 Å². The van der Waals surface area contributed by atoms with Crippen molar-refractivity contribution in [3.8, 4) is 0 Å². The molecule has 1 unspecified atom stereocenters. The molecule has 6 heteroatoms. The smallest absolute Gasteiger partial charge is 0.239 e. The van der Waals surface area contributed by atoms with Crippen molar-refractivity contribution in [2.24, 2.45) is 5.92 Å². The molecule has 1 atom stereocenters. The van der Waals surface area contributed by atoms with Gasteiger partial charge in [-0.05, 0) is 62.2 Å². The van der Waals surface area contributed by atoms with Gasteiger partial charge in [-0.1, -0.05) is 23.7 Å². The van der Waals surface area contributed by atoms with Gasteiger partial charge in [0.25, 0.3) is 0 Å². The molecule has 2 amide bonds. The van der Waals surface area contributed by atoms with E-state index in [0.717, 1.165) is 11.3 Å². The lowest BCUT2D eigenvalue weighted by Crippen LogP contribution is -2.33. The van der Waals surface area contributed by atoms with E-state index in [4.69, 9.17) is 16.3 Å². The fraction of sp³-hybridized carbons (Fsp3) is 0.333. The number of nitrogens with one attached hydrogen (secondary N) is 1. The maximum atomic E-state index is 12.7. The lowest BCUT2D eigenvalue weighted by atomic mass is 10.1. The van der Waals surface area contributed by atoms with Gasteiger partial charge in [0, 0.05) is 22.9 Å². The normalized spacial score (nSPS) is 16.8. The maximum Gasteiger partial charge on any atom is 0.239 e. The Hall–Kier alpha value is -2.37. The summed E-state index contributed by atoms with van der Waals surface area (Å²) >= 11 is 5.90. The third-order valence-electron chi connectivity index (χ3n) is 4.44. The summed E-state index contributed by atoms with van der Waals surface area (Å²) in [5.41, 5.74) is 2.40. The molecule has 0 saturated carbocycles. The molecule has 142 valence electrons. The minimum Gasteiger partial charge on any atom is -0.374 e. The number of ether oxygens (including phenoxy) is 1. The maximum absolute atomic E-state index is 12.7. The number of rotatable bonds is 6. The van der Waals surface area contributed by atoms with Crippen LogP contribution >= 0.6 is 11.6 Å². The molecule has 5 nitrogen and oxygen atoms in total. The Labute approximate surface area is 164 Å². The van der Waals surface area contributed by atoms with Gasteiger partial charge in [0.05, 0.1) is 12.7 Å². The summed E-state index contributed by atoms with van der Waals surface area (Å²) in [6.07, 6.45) is 0.627. The Morgan fingerprint density at radius 2 is 2.00 bits per heavy atom. The molecule has 0 bridgehead atoms. The lowest BCUT2D eigenvalue weighted by molar-refractivity contribution is -0.129. The van der Waals surface area contributed by atoms with Gasteiger partial charge in [-0.2, -0.15) is 0 Å². The highest BCUT2D eigenvalue weighted by Gasteiger charge is 2.37. The zero-order chi connectivity index (χ0) is 19.4. The van der Waals surface area contributed by atoms with Gasteiger partial charge >= 0.3 is 0 Å². The number of nitrogens with zero attached hydrogens (tertiary/aromatic N) is 1. The molecule has 1 aliphatic rings. The summed E-state index contributed by atoms with van der Waals surface area (Å²) in [4.78, 5) is 26.9. The number of hydrogen-bond donors (Lipinski definition) is 1. The van der Waals surface area contributed by atoms with Crippen molar-refractivity contribution in [2.45, 2.75) is 33.0 Å². The molecular weight excluding hydrogens is 364 g/mol. The Kier molecular flexibility index (Phi) is 6.14. The minimum atomic E-state index is -0.684. The van der Waals surface area contributed by atoms with Crippen molar-refractivity contribution >= 4 is 34.8 Å². The van der Waals surface area contributed by atoms with Crippen LogP contribution in [0.25, 0.3) is 0 Å². The van der Waals surface area contributed by atoms with Crippen molar-refractivity contribution < 1.29 is 14.3 Å². The number of anilines is 2. The van der Waals surface area contributed by atoms with Crippen LogP contribution in [0.3, 0.4) is 0 Å². The van der Waals surface area contributed by atoms with E-state index >= 15 is 0 Å². The monoisotopic (exact) mass is 386 g/mol. The highest BCUT2D eigenvalue weighted by atomic mass is 35.5. The second-order valence-corrected chi connectivity index (χ2v) is 7.29. The van der Waals surface area contributed by atoms with E-state index < -0.39 is 5.92 Å². The van der Waals surface area contributed by atoms with E-state index in [1.54, 1.807) is 29.2 Å². The van der Waals surface area contributed by atoms with Crippen molar-refractivity contribution in [3.63, 3.8) is 0 Å². The van der Waals surface area contributed by atoms with Gasteiger partial charge in [-0.3, -0.25) is 9.59 Å². The summed E-state index contributed by atoms with van der Waals surface area (Å²) in [5.74, 6) is -1.15. The van der Waals surface area contributed by atoms with Gasteiger partial charge in [0.2, 0.25) is 11.8 Å². The van der Waals surface area contributed by atoms with Crippen LogP contribution in [0.4, 0.5) is 11.4 Å². The second kappa shape index (κ2) is 8.55. The predicted octanol–water partition coefficient (Wildman–Crippen LogP) is 4.26. The van der Waals surface area contributed by atoms with E-state index in [1.807, 2.05) is 38.1 Å². The molecule has 0 spiro atoms. The molecule has 1 heterocycles. The zero-order valence-corrected chi connectivity index (χ0v) is 16.2. The molecule has 1 fully saturated rings. The summed E-state index contributed by atoms with van der Waals surface area (Å²) < 4.78 is 5.59. The van der Waals surface area contributed by atoms with Crippen LogP contribution in [-0.2, 0) is 20.9 Å². The fourth-order valence-electron chi connectivity index (χ4n) is 3.03. The first-order valence-corrected chi connectivity index (χ1v) is 9.40. The third kappa shape index (κ3) is 4.87. The topological polar surface area (TPSA) is 58.6 Å². The number of halogens is 1. The van der Waals surface area contributed by atoms with Crippen molar-refractivity contribution in [1.29, 1.82) is 0 Å². The molecule has 0 aromatic heterocycles. The van der Waals surface area contributed by atoms with Crippen LogP contribution in [0.2, 0.25) is 5.02 Å². The summed E-state index contributed by atoms with van der Waals surface area (Å²) in [7, 11) is 0. The van der Waals surface area contributed by atoms with Crippen LogP contribution in [0.1, 0.15) is 25.8 Å². The quantitative estimate of drug-likeness (QED) is 0.755. The summed E-state index contributed by atoms with van der Waals surface area (Å²) in [6.45, 7) is 4.95. The van der Waals surface area contributed by atoms with Gasteiger partial charge in [0.1, 0.15) is 5.92 Å². The molecule has 2 aromatic carbocycles.